The zero-order chi connectivity index (χ0) is 23.4. The van der Waals surface area contributed by atoms with Gasteiger partial charge in [-0.1, -0.05) is 6.07 Å². The first-order valence-electron chi connectivity index (χ1n) is 11.9. The molecule has 0 bridgehead atoms. The molecule has 0 spiro atoms. The Morgan fingerprint density at radius 2 is 1.88 bits per heavy atom. The summed E-state index contributed by atoms with van der Waals surface area (Å²) in [6.07, 6.45) is 2.04. The number of H-pyrrole nitrogens is 1. The lowest BCUT2D eigenvalue weighted by molar-refractivity contribution is -0.136. The van der Waals surface area contributed by atoms with E-state index < -0.39 is 0 Å². The lowest BCUT2D eigenvalue weighted by Crippen LogP contribution is -2.42. The molecule has 1 unspecified atom stereocenters. The number of nitrogens with one attached hydrogen (secondary N) is 1. The van der Waals surface area contributed by atoms with Gasteiger partial charge in [-0.05, 0) is 62.6 Å². The summed E-state index contributed by atoms with van der Waals surface area (Å²) in [6, 6.07) is 12.2. The molecule has 2 amide bonds. The highest BCUT2D eigenvalue weighted by Gasteiger charge is 2.38. The van der Waals surface area contributed by atoms with E-state index in [0.29, 0.717) is 25.6 Å². The van der Waals surface area contributed by atoms with Crippen molar-refractivity contribution in [2.45, 2.75) is 39.0 Å². The lowest BCUT2D eigenvalue weighted by atomic mass is 9.95. The van der Waals surface area contributed by atoms with E-state index in [9.17, 15) is 9.59 Å². The van der Waals surface area contributed by atoms with Gasteiger partial charge in [-0.2, -0.15) is 0 Å². The quantitative estimate of drug-likeness (QED) is 0.473. The fourth-order valence-electron chi connectivity index (χ4n) is 5.29. The summed E-state index contributed by atoms with van der Waals surface area (Å²) in [6.45, 7) is 5.91. The maximum absolute atomic E-state index is 13.3. The van der Waals surface area contributed by atoms with Crippen molar-refractivity contribution >= 4 is 50.1 Å². The van der Waals surface area contributed by atoms with Gasteiger partial charge in [0.1, 0.15) is 5.82 Å². The normalized spacial score (nSPS) is 19.6. The molecule has 2 aromatic heterocycles. The maximum Gasteiger partial charge on any atom is 0.228 e. The van der Waals surface area contributed by atoms with Crippen LogP contribution in [-0.4, -0.2) is 51.3 Å². The molecule has 2 aliphatic rings. The molecule has 8 heteroatoms. The first-order valence-corrected chi connectivity index (χ1v) is 12.7. The van der Waals surface area contributed by atoms with Gasteiger partial charge in [-0.25, -0.2) is 9.97 Å². The van der Waals surface area contributed by atoms with E-state index in [1.807, 2.05) is 30.0 Å². The molecule has 1 N–H and O–H groups in total. The first-order chi connectivity index (χ1) is 16.4. The van der Waals surface area contributed by atoms with Gasteiger partial charge in [0.2, 0.25) is 11.8 Å². The zero-order valence-electron chi connectivity index (χ0n) is 19.4. The number of anilines is 1. The number of likely N-dealkylation sites (tertiary alicyclic amines) is 1. The summed E-state index contributed by atoms with van der Waals surface area (Å²) < 4.78 is 1.11. The minimum atomic E-state index is -0.286. The van der Waals surface area contributed by atoms with E-state index in [1.165, 1.54) is 5.56 Å². The van der Waals surface area contributed by atoms with Crippen molar-refractivity contribution in [2.24, 2.45) is 5.92 Å². The Kier molecular flexibility index (Phi) is 5.13. The molecule has 7 nitrogen and oxygen atoms in total. The number of carbonyl (C=O) groups is 2. The minimum absolute atomic E-state index is 0.0112. The van der Waals surface area contributed by atoms with Crippen LogP contribution in [0.2, 0.25) is 0 Å². The Balaban J connectivity index is 1.11. The average Bonchev–Trinajstić information content (AvgIpc) is 3.53. The molecular formula is C26H27N5O2S. The number of hydrogen-bond donors (Lipinski definition) is 1. The molecule has 0 saturated carbocycles. The van der Waals surface area contributed by atoms with Gasteiger partial charge in [0.15, 0.2) is 0 Å². The number of benzene rings is 2. The highest BCUT2D eigenvalue weighted by atomic mass is 32.1. The number of rotatable bonds is 3. The second-order valence-corrected chi connectivity index (χ2v) is 10.8. The molecule has 6 rings (SSSR count). The van der Waals surface area contributed by atoms with Crippen LogP contribution in [0.25, 0.3) is 21.3 Å². The molecular weight excluding hydrogens is 446 g/mol. The van der Waals surface area contributed by atoms with Gasteiger partial charge in [0, 0.05) is 37.7 Å². The van der Waals surface area contributed by atoms with Crippen LogP contribution in [0.15, 0.2) is 36.4 Å². The highest BCUT2D eigenvalue weighted by molar-refractivity contribution is 7.18. The number of carbonyl (C=O) groups excluding carboxylic acids is 2. The van der Waals surface area contributed by atoms with E-state index in [4.69, 9.17) is 4.98 Å². The summed E-state index contributed by atoms with van der Waals surface area (Å²) in [7, 11) is 0. The third-order valence-electron chi connectivity index (χ3n) is 7.11. The van der Waals surface area contributed by atoms with Crippen LogP contribution in [0.3, 0.4) is 0 Å². The molecule has 34 heavy (non-hydrogen) atoms. The average molecular weight is 474 g/mol. The minimum Gasteiger partial charge on any atom is -0.342 e. The van der Waals surface area contributed by atoms with Crippen LogP contribution in [-0.2, 0) is 9.59 Å². The van der Waals surface area contributed by atoms with Crippen LogP contribution < -0.4 is 4.90 Å². The van der Waals surface area contributed by atoms with Crippen LogP contribution in [0, 0.1) is 19.8 Å². The summed E-state index contributed by atoms with van der Waals surface area (Å²) >= 11 is 1.65. The van der Waals surface area contributed by atoms with Crippen LogP contribution in [0.4, 0.5) is 5.69 Å². The monoisotopic (exact) mass is 473 g/mol. The number of aromatic nitrogens is 3. The molecule has 4 heterocycles. The number of thiazole rings is 1. The second kappa shape index (κ2) is 8.20. The number of aromatic amines is 1. The number of imidazole rings is 1. The Labute approximate surface area is 201 Å². The van der Waals surface area contributed by atoms with Crippen LogP contribution >= 0.6 is 11.3 Å². The largest absolute Gasteiger partial charge is 0.342 e. The van der Waals surface area contributed by atoms with Gasteiger partial charge in [-0.15, -0.1) is 11.3 Å². The molecule has 0 aliphatic carbocycles. The number of nitrogens with zero attached hydrogens (tertiary/aromatic N) is 4. The summed E-state index contributed by atoms with van der Waals surface area (Å²) in [4.78, 5) is 42.6. The zero-order valence-corrected chi connectivity index (χ0v) is 20.2. The smallest absolute Gasteiger partial charge is 0.228 e. The Morgan fingerprint density at radius 1 is 1.06 bits per heavy atom. The first kappa shape index (κ1) is 21.3. The third kappa shape index (κ3) is 3.76. The molecule has 4 aromatic rings. The fourth-order valence-corrected chi connectivity index (χ4v) is 6.10. The molecule has 2 saturated heterocycles. The van der Waals surface area contributed by atoms with E-state index >= 15 is 0 Å². The van der Waals surface area contributed by atoms with E-state index in [0.717, 1.165) is 50.6 Å². The van der Waals surface area contributed by atoms with Crippen molar-refractivity contribution in [2.75, 3.05) is 24.5 Å². The van der Waals surface area contributed by atoms with Crippen molar-refractivity contribution in [3.63, 3.8) is 0 Å². The van der Waals surface area contributed by atoms with Gasteiger partial charge in [-0.3, -0.25) is 9.59 Å². The fraction of sp³-hybridized carbons (Fsp3) is 0.385. The van der Waals surface area contributed by atoms with E-state index in [1.54, 1.807) is 16.2 Å². The molecule has 2 fully saturated rings. The number of piperidine rings is 1. The molecule has 1 atom stereocenters. The SMILES string of the molecule is Cc1ccc2nc(C3CCN(C(=O)C4CC(=O)N(c5ccc6sc(C)nc6c5)C4)CC3)[nH]c2c1. The molecule has 2 aliphatic heterocycles. The Hall–Kier alpha value is -3.26. The number of amides is 2. The molecule has 174 valence electrons. The van der Waals surface area contributed by atoms with Crippen molar-refractivity contribution in [3.8, 4) is 0 Å². The highest BCUT2D eigenvalue weighted by Crippen LogP contribution is 2.33. The summed E-state index contributed by atoms with van der Waals surface area (Å²) in [5.74, 6) is 1.16. The number of fused-ring (bicyclic) bond motifs is 2. The number of aryl methyl sites for hydroxylation is 2. The van der Waals surface area contributed by atoms with Gasteiger partial charge >= 0.3 is 0 Å². The predicted molar refractivity (Wildman–Crippen MR) is 134 cm³/mol. The number of hydrogen-bond acceptors (Lipinski definition) is 5. The van der Waals surface area contributed by atoms with Gasteiger partial charge < -0.3 is 14.8 Å². The van der Waals surface area contributed by atoms with Gasteiger partial charge in [0.05, 0.1) is 32.2 Å². The maximum atomic E-state index is 13.3. The summed E-state index contributed by atoms with van der Waals surface area (Å²) in [5, 5.41) is 1.01. The van der Waals surface area contributed by atoms with Gasteiger partial charge in [0.25, 0.3) is 0 Å². The Bertz CT molecular complexity index is 1420. The lowest BCUT2D eigenvalue weighted by Gasteiger charge is -2.32. The molecule has 2 aromatic carbocycles. The Morgan fingerprint density at radius 3 is 2.71 bits per heavy atom. The third-order valence-corrected chi connectivity index (χ3v) is 8.06. The van der Waals surface area contributed by atoms with Crippen LogP contribution in [0.1, 0.15) is 41.6 Å². The van der Waals surface area contributed by atoms with Crippen molar-refractivity contribution in [1.82, 2.24) is 19.9 Å². The predicted octanol–water partition coefficient (Wildman–Crippen LogP) is 4.55. The van der Waals surface area contributed by atoms with Crippen molar-refractivity contribution in [3.05, 3.63) is 52.8 Å². The molecule has 0 radical (unpaired) electrons. The van der Waals surface area contributed by atoms with Crippen LogP contribution in [0.5, 0.6) is 0 Å². The standard InChI is InChI=1S/C26H27N5O2S/c1-15-3-5-20-21(11-15)29-25(28-20)17-7-9-30(10-8-17)26(33)18-12-24(32)31(14-18)19-4-6-23-22(13-19)27-16(2)34-23/h3-6,11,13,17-18H,7-10,12,14H2,1-2H3,(H,28,29). The topological polar surface area (TPSA) is 82.2 Å². The van der Waals surface area contributed by atoms with E-state index in [2.05, 4.69) is 35.1 Å². The van der Waals surface area contributed by atoms with E-state index in [-0.39, 0.29) is 24.2 Å². The van der Waals surface area contributed by atoms with Crippen molar-refractivity contribution < 1.29 is 9.59 Å². The van der Waals surface area contributed by atoms with Crippen molar-refractivity contribution in [1.29, 1.82) is 0 Å². The second-order valence-electron chi connectivity index (χ2n) is 9.53. The summed E-state index contributed by atoms with van der Waals surface area (Å²) in [5.41, 5.74) is 5.02.